The van der Waals surface area contributed by atoms with Gasteiger partial charge in [-0.1, -0.05) is 0 Å². The van der Waals surface area contributed by atoms with Crippen molar-refractivity contribution in [3.05, 3.63) is 54.1 Å². The number of carbonyl (C=O) groups is 2. The van der Waals surface area contributed by atoms with E-state index < -0.39 is 11.8 Å². The van der Waals surface area contributed by atoms with Crippen LogP contribution in [0.5, 0.6) is 5.75 Å². The molecular weight excluding hydrogens is 277 g/mol. The van der Waals surface area contributed by atoms with Crippen molar-refractivity contribution in [2.24, 2.45) is 0 Å². The maximum absolute atomic E-state index is 12.7. The van der Waals surface area contributed by atoms with Gasteiger partial charge in [0.2, 0.25) is 5.91 Å². The Morgan fingerprint density at radius 1 is 1.14 bits per heavy atom. The molecule has 0 spiro atoms. The zero-order valence-electron chi connectivity index (χ0n) is 11.1. The van der Waals surface area contributed by atoms with E-state index in [0.717, 1.165) is 0 Å². The van der Waals surface area contributed by atoms with Gasteiger partial charge in [0.15, 0.2) is 0 Å². The molecule has 1 aromatic heterocycles. The van der Waals surface area contributed by atoms with E-state index >= 15 is 0 Å². The molecule has 1 heterocycles. The van der Waals surface area contributed by atoms with Crippen LogP contribution in [0.25, 0.3) is 0 Å². The minimum atomic E-state index is -0.437. The Morgan fingerprint density at radius 2 is 1.90 bits per heavy atom. The molecule has 2 amide bonds. The first-order chi connectivity index (χ1) is 10.1. The maximum Gasteiger partial charge on any atom is 0.286 e. The minimum absolute atomic E-state index is 0.0579. The number of hydrogen-bond donors (Lipinski definition) is 3. The lowest BCUT2D eigenvalue weighted by Gasteiger charge is -2.08. The van der Waals surface area contributed by atoms with Gasteiger partial charge >= 0.3 is 0 Å². The molecule has 0 aliphatic heterocycles. The van der Waals surface area contributed by atoms with Crippen molar-refractivity contribution in [3.8, 4) is 5.75 Å². The molecule has 1 aromatic carbocycles. The molecule has 0 saturated carbocycles. The Balaban J connectivity index is 1.66. The molecule has 0 fully saturated rings. The number of nitrogens with one attached hydrogen (secondary N) is 3. The summed E-state index contributed by atoms with van der Waals surface area (Å²) in [6, 6.07) is 8.74. The summed E-state index contributed by atoms with van der Waals surface area (Å²) in [6.07, 6.45) is 1.66. The highest BCUT2D eigenvalue weighted by Gasteiger charge is 2.07. The molecule has 0 saturated heterocycles. The lowest BCUT2D eigenvalue weighted by Crippen LogP contribution is -2.42. The van der Waals surface area contributed by atoms with E-state index in [2.05, 4.69) is 15.8 Å². The zero-order chi connectivity index (χ0) is 15.1. The van der Waals surface area contributed by atoms with Gasteiger partial charge in [0.25, 0.3) is 5.91 Å². The predicted octanol–water partition coefficient (Wildman–Crippen LogP) is 1.38. The highest BCUT2D eigenvalue weighted by atomic mass is 19.1. The SMILES string of the molecule is O=C(CCOc1ccc(F)cc1)NNC(=O)c1ccc[nH]1. The number of aromatic nitrogens is 1. The average Bonchev–Trinajstić information content (AvgIpc) is 3.01. The third-order valence-electron chi connectivity index (χ3n) is 2.57. The van der Waals surface area contributed by atoms with Crippen molar-refractivity contribution in [2.45, 2.75) is 6.42 Å². The number of aromatic amines is 1. The van der Waals surface area contributed by atoms with Gasteiger partial charge in [0.05, 0.1) is 13.0 Å². The second kappa shape index (κ2) is 7.09. The van der Waals surface area contributed by atoms with Crippen LogP contribution in [-0.4, -0.2) is 23.4 Å². The lowest BCUT2D eigenvalue weighted by molar-refractivity contribution is -0.122. The number of hydrazine groups is 1. The topological polar surface area (TPSA) is 83.2 Å². The van der Waals surface area contributed by atoms with Crippen molar-refractivity contribution in [1.29, 1.82) is 0 Å². The number of rotatable bonds is 5. The first-order valence-electron chi connectivity index (χ1n) is 6.26. The molecule has 21 heavy (non-hydrogen) atoms. The van der Waals surface area contributed by atoms with Crippen LogP contribution in [0.3, 0.4) is 0 Å². The molecule has 7 heteroatoms. The van der Waals surface area contributed by atoms with Crippen molar-refractivity contribution < 1.29 is 18.7 Å². The molecule has 0 aliphatic rings. The zero-order valence-corrected chi connectivity index (χ0v) is 11.1. The number of amides is 2. The molecule has 0 bridgehead atoms. The lowest BCUT2D eigenvalue weighted by atomic mass is 10.3. The first kappa shape index (κ1) is 14.6. The number of benzene rings is 1. The Labute approximate surface area is 120 Å². The molecule has 0 aliphatic carbocycles. The largest absolute Gasteiger partial charge is 0.493 e. The van der Waals surface area contributed by atoms with Crippen LogP contribution >= 0.6 is 0 Å². The predicted molar refractivity (Wildman–Crippen MR) is 72.9 cm³/mol. The van der Waals surface area contributed by atoms with Gasteiger partial charge in [-0.3, -0.25) is 20.4 Å². The van der Waals surface area contributed by atoms with Crippen LogP contribution in [-0.2, 0) is 4.79 Å². The van der Waals surface area contributed by atoms with Gasteiger partial charge in [-0.25, -0.2) is 4.39 Å². The fourth-order valence-electron chi connectivity index (χ4n) is 1.52. The molecular formula is C14H14FN3O3. The summed E-state index contributed by atoms with van der Waals surface area (Å²) >= 11 is 0. The van der Waals surface area contributed by atoms with Gasteiger partial charge in [0, 0.05) is 6.20 Å². The van der Waals surface area contributed by atoms with Crippen molar-refractivity contribution >= 4 is 11.8 Å². The molecule has 3 N–H and O–H groups in total. The standard InChI is InChI=1S/C14H14FN3O3/c15-10-3-5-11(6-4-10)21-9-7-13(19)17-18-14(20)12-2-1-8-16-12/h1-6,8,16H,7,9H2,(H,17,19)(H,18,20). The van der Waals surface area contributed by atoms with E-state index in [1.807, 2.05) is 0 Å². The van der Waals surface area contributed by atoms with Crippen LogP contribution in [0.15, 0.2) is 42.6 Å². The van der Waals surface area contributed by atoms with Gasteiger partial charge in [-0.15, -0.1) is 0 Å². The van der Waals surface area contributed by atoms with E-state index in [0.29, 0.717) is 11.4 Å². The van der Waals surface area contributed by atoms with Gasteiger partial charge < -0.3 is 9.72 Å². The Morgan fingerprint density at radius 3 is 2.57 bits per heavy atom. The van der Waals surface area contributed by atoms with E-state index in [4.69, 9.17) is 4.74 Å². The smallest absolute Gasteiger partial charge is 0.286 e. The van der Waals surface area contributed by atoms with E-state index in [9.17, 15) is 14.0 Å². The number of ether oxygens (including phenoxy) is 1. The number of hydrogen-bond acceptors (Lipinski definition) is 3. The molecule has 0 atom stereocenters. The summed E-state index contributed by atoms with van der Waals surface area (Å²) in [6.45, 7) is 0.121. The van der Waals surface area contributed by atoms with Crippen LogP contribution in [0.2, 0.25) is 0 Å². The van der Waals surface area contributed by atoms with E-state index in [-0.39, 0.29) is 18.8 Å². The minimum Gasteiger partial charge on any atom is -0.493 e. The number of halogens is 1. The highest BCUT2D eigenvalue weighted by molar-refractivity contribution is 5.93. The van der Waals surface area contributed by atoms with Crippen molar-refractivity contribution in [3.63, 3.8) is 0 Å². The monoisotopic (exact) mass is 291 g/mol. The Kier molecular flexibility index (Phi) is 4.92. The number of H-pyrrole nitrogens is 1. The van der Waals surface area contributed by atoms with Crippen LogP contribution in [0.4, 0.5) is 4.39 Å². The summed E-state index contributed by atoms with van der Waals surface area (Å²) in [5.74, 6) is -0.712. The second-order valence-corrected chi connectivity index (χ2v) is 4.14. The van der Waals surface area contributed by atoms with Crippen LogP contribution < -0.4 is 15.6 Å². The number of carbonyl (C=O) groups excluding carboxylic acids is 2. The van der Waals surface area contributed by atoms with E-state index in [1.54, 1.807) is 18.3 Å². The summed E-state index contributed by atoms with van der Waals surface area (Å²) in [4.78, 5) is 25.7. The summed E-state index contributed by atoms with van der Waals surface area (Å²) in [7, 11) is 0. The summed E-state index contributed by atoms with van der Waals surface area (Å²) < 4.78 is 17.9. The molecule has 2 rings (SSSR count). The van der Waals surface area contributed by atoms with Gasteiger partial charge in [0.1, 0.15) is 17.3 Å². The van der Waals surface area contributed by atoms with Crippen LogP contribution in [0, 0.1) is 5.82 Å². The molecule has 0 radical (unpaired) electrons. The third-order valence-corrected chi connectivity index (χ3v) is 2.57. The molecule has 6 nitrogen and oxygen atoms in total. The fourth-order valence-corrected chi connectivity index (χ4v) is 1.52. The summed E-state index contributed by atoms with van der Waals surface area (Å²) in [5.41, 5.74) is 4.88. The normalized spacial score (nSPS) is 9.95. The average molecular weight is 291 g/mol. The highest BCUT2D eigenvalue weighted by Crippen LogP contribution is 2.10. The third kappa shape index (κ3) is 4.64. The van der Waals surface area contributed by atoms with Gasteiger partial charge in [-0.05, 0) is 36.4 Å². The maximum atomic E-state index is 12.7. The summed E-state index contributed by atoms with van der Waals surface area (Å²) in [5, 5.41) is 0. The molecule has 2 aromatic rings. The van der Waals surface area contributed by atoms with Crippen LogP contribution in [0.1, 0.15) is 16.9 Å². The van der Waals surface area contributed by atoms with E-state index in [1.165, 1.54) is 24.3 Å². The second-order valence-electron chi connectivity index (χ2n) is 4.14. The Bertz CT molecular complexity index is 596. The fraction of sp³-hybridized carbons (Fsp3) is 0.143. The van der Waals surface area contributed by atoms with Crippen molar-refractivity contribution in [2.75, 3.05) is 6.61 Å². The first-order valence-corrected chi connectivity index (χ1v) is 6.26. The quantitative estimate of drug-likeness (QED) is 0.728. The Hall–Kier alpha value is -2.83. The molecule has 0 unspecified atom stereocenters. The molecule has 110 valence electrons. The van der Waals surface area contributed by atoms with Gasteiger partial charge in [-0.2, -0.15) is 0 Å². The van der Waals surface area contributed by atoms with Crippen molar-refractivity contribution in [1.82, 2.24) is 15.8 Å².